The van der Waals surface area contributed by atoms with Gasteiger partial charge in [-0.1, -0.05) is 18.2 Å². The Labute approximate surface area is 83.1 Å². The molecule has 2 nitrogen and oxygen atoms in total. The summed E-state index contributed by atoms with van der Waals surface area (Å²) in [5.41, 5.74) is 0. The second kappa shape index (κ2) is 3.58. The van der Waals surface area contributed by atoms with Crippen molar-refractivity contribution in [1.29, 1.82) is 0 Å². The van der Waals surface area contributed by atoms with Crippen LogP contribution in [-0.4, -0.2) is 14.2 Å². The Hall–Kier alpha value is -1.70. The van der Waals surface area contributed by atoms with Crippen LogP contribution in [0.15, 0.2) is 30.3 Å². The van der Waals surface area contributed by atoms with E-state index in [9.17, 15) is 0 Å². The summed E-state index contributed by atoms with van der Waals surface area (Å²) in [4.78, 5) is 0. The number of hydrogen-bond acceptors (Lipinski definition) is 2. The van der Waals surface area contributed by atoms with Crippen LogP contribution in [0, 0.1) is 6.07 Å². The van der Waals surface area contributed by atoms with E-state index in [0.717, 1.165) is 22.3 Å². The van der Waals surface area contributed by atoms with Gasteiger partial charge in [0.1, 0.15) is 11.5 Å². The minimum Gasteiger partial charge on any atom is -0.496 e. The third-order valence-corrected chi connectivity index (χ3v) is 2.16. The van der Waals surface area contributed by atoms with E-state index >= 15 is 0 Å². The number of benzene rings is 2. The SMILES string of the molecule is COc1[c]c2c(OC)cccc2cc1. The molecular formula is C12H11O2. The first-order valence-electron chi connectivity index (χ1n) is 4.38. The molecule has 2 aromatic rings. The van der Waals surface area contributed by atoms with Gasteiger partial charge in [0.15, 0.2) is 0 Å². The number of hydrogen-bond donors (Lipinski definition) is 0. The molecule has 14 heavy (non-hydrogen) atoms. The molecule has 0 fully saturated rings. The third-order valence-electron chi connectivity index (χ3n) is 2.16. The molecule has 0 heterocycles. The molecule has 2 rings (SSSR count). The lowest BCUT2D eigenvalue weighted by molar-refractivity contribution is 0.411. The summed E-state index contributed by atoms with van der Waals surface area (Å²) >= 11 is 0. The molecule has 2 aromatic carbocycles. The van der Waals surface area contributed by atoms with Crippen LogP contribution in [0.1, 0.15) is 0 Å². The summed E-state index contributed by atoms with van der Waals surface area (Å²) in [5, 5.41) is 2.06. The Morgan fingerprint density at radius 3 is 2.57 bits per heavy atom. The van der Waals surface area contributed by atoms with E-state index in [2.05, 4.69) is 6.07 Å². The minimum atomic E-state index is 0.724. The van der Waals surface area contributed by atoms with Crippen molar-refractivity contribution in [3.05, 3.63) is 36.4 Å². The van der Waals surface area contributed by atoms with Gasteiger partial charge in [0.2, 0.25) is 0 Å². The predicted octanol–water partition coefficient (Wildman–Crippen LogP) is 2.66. The van der Waals surface area contributed by atoms with Crippen molar-refractivity contribution in [3.63, 3.8) is 0 Å². The lowest BCUT2D eigenvalue weighted by Crippen LogP contribution is -1.87. The average molecular weight is 187 g/mol. The zero-order valence-corrected chi connectivity index (χ0v) is 8.20. The van der Waals surface area contributed by atoms with Crippen molar-refractivity contribution >= 4 is 10.8 Å². The summed E-state index contributed by atoms with van der Waals surface area (Å²) in [6.07, 6.45) is 0. The molecule has 0 saturated heterocycles. The third kappa shape index (κ3) is 1.39. The molecule has 0 unspecified atom stereocenters. The van der Waals surface area contributed by atoms with Gasteiger partial charge in [0, 0.05) is 11.5 Å². The van der Waals surface area contributed by atoms with E-state index in [4.69, 9.17) is 9.47 Å². The Morgan fingerprint density at radius 2 is 1.86 bits per heavy atom. The highest BCUT2D eigenvalue weighted by molar-refractivity contribution is 5.88. The van der Waals surface area contributed by atoms with Crippen molar-refractivity contribution in [1.82, 2.24) is 0 Å². The van der Waals surface area contributed by atoms with Crippen LogP contribution in [0.2, 0.25) is 0 Å². The molecule has 2 heteroatoms. The van der Waals surface area contributed by atoms with Gasteiger partial charge in [-0.2, -0.15) is 0 Å². The van der Waals surface area contributed by atoms with Gasteiger partial charge in [-0.05, 0) is 17.5 Å². The highest BCUT2D eigenvalue weighted by Gasteiger charge is 2.02. The summed E-state index contributed by atoms with van der Waals surface area (Å²) in [7, 11) is 3.29. The van der Waals surface area contributed by atoms with Crippen LogP contribution < -0.4 is 9.47 Å². The molecule has 0 aliphatic rings. The average Bonchev–Trinajstić information content (AvgIpc) is 2.27. The van der Waals surface area contributed by atoms with E-state index in [0.29, 0.717) is 0 Å². The summed E-state index contributed by atoms with van der Waals surface area (Å²) < 4.78 is 10.4. The normalized spacial score (nSPS) is 10.1. The second-order valence-corrected chi connectivity index (χ2v) is 2.95. The number of fused-ring (bicyclic) bond motifs is 1. The topological polar surface area (TPSA) is 18.5 Å². The van der Waals surface area contributed by atoms with Crippen LogP contribution in [0.3, 0.4) is 0 Å². The Kier molecular flexibility index (Phi) is 2.27. The van der Waals surface area contributed by atoms with E-state index in [1.54, 1.807) is 14.2 Å². The fourth-order valence-corrected chi connectivity index (χ4v) is 1.44. The van der Waals surface area contributed by atoms with Crippen molar-refractivity contribution in [2.45, 2.75) is 0 Å². The molecule has 0 aliphatic heterocycles. The predicted molar refractivity (Wildman–Crippen MR) is 55.9 cm³/mol. The van der Waals surface area contributed by atoms with Crippen LogP contribution in [-0.2, 0) is 0 Å². The number of rotatable bonds is 2. The minimum absolute atomic E-state index is 0.724. The van der Waals surface area contributed by atoms with Gasteiger partial charge in [0.05, 0.1) is 14.2 Å². The Morgan fingerprint density at radius 1 is 1.00 bits per heavy atom. The smallest absolute Gasteiger partial charge is 0.127 e. The zero-order chi connectivity index (χ0) is 9.97. The zero-order valence-electron chi connectivity index (χ0n) is 8.20. The van der Waals surface area contributed by atoms with Crippen LogP contribution in [0.25, 0.3) is 10.8 Å². The molecule has 0 bridgehead atoms. The van der Waals surface area contributed by atoms with Gasteiger partial charge in [-0.3, -0.25) is 0 Å². The summed E-state index contributed by atoms with van der Waals surface area (Å²) in [5.74, 6) is 1.54. The Bertz CT molecular complexity index is 449. The van der Waals surface area contributed by atoms with E-state index in [1.807, 2.05) is 30.3 Å². The maximum Gasteiger partial charge on any atom is 0.127 e. The van der Waals surface area contributed by atoms with Gasteiger partial charge < -0.3 is 9.47 Å². The van der Waals surface area contributed by atoms with Gasteiger partial charge >= 0.3 is 0 Å². The Balaban J connectivity index is 2.70. The van der Waals surface area contributed by atoms with Crippen molar-refractivity contribution in [2.24, 2.45) is 0 Å². The summed E-state index contributed by atoms with van der Waals surface area (Å²) in [6.45, 7) is 0. The molecule has 0 aliphatic carbocycles. The molecule has 1 radical (unpaired) electrons. The fraction of sp³-hybridized carbons (Fsp3) is 0.167. The monoisotopic (exact) mass is 187 g/mol. The molecule has 0 aromatic heterocycles. The van der Waals surface area contributed by atoms with Gasteiger partial charge in [0.25, 0.3) is 0 Å². The molecular weight excluding hydrogens is 176 g/mol. The number of methoxy groups -OCH3 is 2. The lowest BCUT2D eigenvalue weighted by Gasteiger charge is -2.06. The lowest BCUT2D eigenvalue weighted by atomic mass is 10.1. The van der Waals surface area contributed by atoms with Crippen molar-refractivity contribution in [3.8, 4) is 11.5 Å². The molecule has 0 spiro atoms. The van der Waals surface area contributed by atoms with E-state index < -0.39 is 0 Å². The number of ether oxygens (including phenoxy) is 2. The second-order valence-electron chi connectivity index (χ2n) is 2.95. The molecule has 0 N–H and O–H groups in total. The standard InChI is InChI=1S/C12H11O2/c1-13-10-7-6-9-4-3-5-12(14-2)11(9)8-10/h3-7H,1-2H3. The first-order chi connectivity index (χ1) is 6.85. The quantitative estimate of drug-likeness (QED) is 0.719. The van der Waals surface area contributed by atoms with Crippen LogP contribution in [0.4, 0.5) is 0 Å². The maximum atomic E-state index is 5.24. The maximum absolute atomic E-state index is 5.24. The molecule has 0 amide bonds. The molecule has 71 valence electrons. The summed E-state index contributed by atoms with van der Waals surface area (Å²) in [6, 6.07) is 12.9. The van der Waals surface area contributed by atoms with E-state index in [1.165, 1.54) is 0 Å². The largest absolute Gasteiger partial charge is 0.496 e. The van der Waals surface area contributed by atoms with Gasteiger partial charge in [-0.25, -0.2) is 0 Å². The van der Waals surface area contributed by atoms with Crippen molar-refractivity contribution < 1.29 is 9.47 Å². The van der Waals surface area contributed by atoms with Crippen molar-refractivity contribution in [2.75, 3.05) is 14.2 Å². The van der Waals surface area contributed by atoms with E-state index in [-0.39, 0.29) is 0 Å². The molecule has 0 atom stereocenters. The highest BCUT2D eigenvalue weighted by Crippen LogP contribution is 2.27. The van der Waals surface area contributed by atoms with Crippen LogP contribution >= 0.6 is 0 Å². The fourth-order valence-electron chi connectivity index (χ4n) is 1.44. The van der Waals surface area contributed by atoms with Crippen LogP contribution in [0.5, 0.6) is 11.5 Å². The highest BCUT2D eigenvalue weighted by atomic mass is 16.5. The first kappa shape index (κ1) is 8.88. The molecule has 0 saturated carbocycles. The van der Waals surface area contributed by atoms with Gasteiger partial charge in [-0.15, -0.1) is 0 Å². The first-order valence-corrected chi connectivity index (χ1v) is 4.38.